The minimum Gasteiger partial charge on any atom is -0.501 e. The molecule has 12 heavy (non-hydrogen) atoms. The second-order valence-electron chi connectivity index (χ2n) is 3.26. The standard InChI is InChI=1S/C11H16O/c1-9(2)10-5-4-6-11(12-3)8-7-10/h4-5,7-9H,6H2,1-3H3. The van der Waals surface area contributed by atoms with Crippen LogP contribution in [0, 0.1) is 5.92 Å². The summed E-state index contributed by atoms with van der Waals surface area (Å²) in [6.07, 6.45) is 9.41. The van der Waals surface area contributed by atoms with Crippen molar-refractivity contribution < 1.29 is 4.74 Å². The second kappa shape index (κ2) is 4.15. The molecule has 1 aliphatic rings. The number of hydrogen-bond acceptors (Lipinski definition) is 1. The van der Waals surface area contributed by atoms with Crippen LogP contribution in [0.4, 0.5) is 0 Å². The lowest BCUT2D eigenvalue weighted by atomic mass is 10.0. The van der Waals surface area contributed by atoms with Crippen LogP contribution in [-0.2, 0) is 4.74 Å². The molecule has 0 aromatic carbocycles. The van der Waals surface area contributed by atoms with Crippen molar-refractivity contribution in [2.75, 3.05) is 7.11 Å². The zero-order valence-electron chi connectivity index (χ0n) is 8.00. The first-order valence-electron chi connectivity index (χ1n) is 4.35. The van der Waals surface area contributed by atoms with Crippen LogP contribution in [-0.4, -0.2) is 7.11 Å². The highest BCUT2D eigenvalue weighted by Gasteiger charge is 2.01. The van der Waals surface area contributed by atoms with Gasteiger partial charge in [0.25, 0.3) is 0 Å². The number of hydrogen-bond donors (Lipinski definition) is 0. The number of ether oxygens (including phenoxy) is 1. The van der Waals surface area contributed by atoms with Gasteiger partial charge in [-0.3, -0.25) is 0 Å². The Hall–Kier alpha value is -0.980. The second-order valence-corrected chi connectivity index (χ2v) is 3.26. The first-order valence-corrected chi connectivity index (χ1v) is 4.35. The van der Waals surface area contributed by atoms with Crippen molar-refractivity contribution in [3.8, 4) is 0 Å². The van der Waals surface area contributed by atoms with Crippen molar-refractivity contribution in [1.29, 1.82) is 0 Å². The van der Waals surface area contributed by atoms with E-state index in [2.05, 4.69) is 38.2 Å². The molecule has 0 aromatic rings. The predicted molar refractivity (Wildman–Crippen MR) is 51.8 cm³/mol. The Labute approximate surface area is 74.4 Å². The summed E-state index contributed by atoms with van der Waals surface area (Å²) in [6.45, 7) is 4.39. The molecule has 0 saturated carbocycles. The Morgan fingerprint density at radius 2 is 2.08 bits per heavy atom. The van der Waals surface area contributed by atoms with Crippen LogP contribution in [0.5, 0.6) is 0 Å². The normalized spacial score (nSPS) is 17.0. The summed E-state index contributed by atoms with van der Waals surface area (Å²) in [4.78, 5) is 0. The lowest BCUT2D eigenvalue weighted by Crippen LogP contribution is -1.88. The molecule has 0 fully saturated rings. The first kappa shape index (κ1) is 9.11. The Morgan fingerprint density at radius 1 is 1.33 bits per heavy atom. The smallest absolute Gasteiger partial charge is 0.0993 e. The van der Waals surface area contributed by atoms with E-state index in [1.165, 1.54) is 5.57 Å². The molecule has 0 radical (unpaired) electrons. The minimum atomic E-state index is 0.591. The molecule has 0 unspecified atom stereocenters. The molecule has 0 aliphatic heterocycles. The fourth-order valence-corrected chi connectivity index (χ4v) is 1.16. The molecule has 0 amide bonds. The van der Waals surface area contributed by atoms with Crippen molar-refractivity contribution in [3.05, 3.63) is 35.6 Å². The fraction of sp³-hybridized carbons (Fsp3) is 0.455. The zero-order valence-corrected chi connectivity index (χ0v) is 8.00. The van der Waals surface area contributed by atoms with Crippen LogP contribution in [0.1, 0.15) is 20.3 Å². The van der Waals surface area contributed by atoms with Gasteiger partial charge in [-0.25, -0.2) is 0 Å². The van der Waals surface area contributed by atoms with Crippen molar-refractivity contribution >= 4 is 0 Å². The molecular formula is C11H16O. The van der Waals surface area contributed by atoms with Crippen LogP contribution >= 0.6 is 0 Å². The first-order chi connectivity index (χ1) is 5.74. The van der Waals surface area contributed by atoms with Crippen molar-refractivity contribution in [3.63, 3.8) is 0 Å². The van der Waals surface area contributed by atoms with E-state index in [0.717, 1.165) is 12.2 Å². The molecule has 1 rings (SSSR count). The Kier molecular flexibility index (Phi) is 3.15. The van der Waals surface area contributed by atoms with E-state index in [1.807, 2.05) is 0 Å². The number of allylic oxidation sites excluding steroid dienone is 5. The van der Waals surface area contributed by atoms with E-state index in [4.69, 9.17) is 4.74 Å². The topological polar surface area (TPSA) is 9.23 Å². The van der Waals surface area contributed by atoms with Gasteiger partial charge in [0, 0.05) is 6.42 Å². The quantitative estimate of drug-likeness (QED) is 0.609. The third-order valence-electron chi connectivity index (χ3n) is 2.02. The van der Waals surface area contributed by atoms with E-state index < -0.39 is 0 Å². The van der Waals surface area contributed by atoms with Crippen LogP contribution in [0.3, 0.4) is 0 Å². The summed E-state index contributed by atoms with van der Waals surface area (Å²) >= 11 is 0. The maximum atomic E-state index is 5.16. The predicted octanol–water partition coefficient (Wildman–Crippen LogP) is 3.06. The van der Waals surface area contributed by atoms with E-state index in [1.54, 1.807) is 7.11 Å². The highest BCUT2D eigenvalue weighted by atomic mass is 16.5. The summed E-state index contributed by atoms with van der Waals surface area (Å²) in [5, 5.41) is 0. The lowest BCUT2D eigenvalue weighted by Gasteiger charge is -2.02. The molecule has 1 aliphatic carbocycles. The van der Waals surface area contributed by atoms with Crippen LogP contribution in [0.15, 0.2) is 35.6 Å². The molecule has 66 valence electrons. The largest absolute Gasteiger partial charge is 0.501 e. The van der Waals surface area contributed by atoms with Gasteiger partial charge in [0.15, 0.2) is 0 Å². The molecular weight excluding hydrogens is 148 g/mol. The van der Waals surface area contributed by atoms with Crippen molar-refractivity contribution in [2.24, 2.45) is 5.92 Å². The summed E-state index contributed by atoms with van der Waals surface area (Å²) in [7, 11) is 1.72. The molecule has 1 nitrogen and oxygen atoms in total. The summed E-state index contributed by atoms with van der Waals surface area (Å²) in [5.41, 5.74) is 1.36. The van der Waals surface area contributed by atoms with Gasteiger partial charge >= 0.3 is 0 Å². The van der Waals surface area contributed by atoms with E-state index >= 15 is 0 Å². The molecule has 0 spiro atoms. The Bertz CT molecular complexity index is 231. The third kappa shape index (κ3) is 2.26. The molecule has 1 heteroatoms. The molecule has 0 heterocycles. The van der Waals surface area contributed by atoms with Gasteiger partial charge in [0.05, 0.1) is 12.9 Å². The summed E-state index contributed by atoms with van der Waals surface area (Å²) < 4.78 is 5.16. The third-order valence-corrected chi connectivity index (χ3v) is 2.02. The summed E-state index contributed by atoms with van der Waals surface area (Å²) in [6, 6.07) is 0. The van der Waals surface area contributed by atoms with Gasteiger partial charge in [-0.2, -0.15) is 0 Å². The Balaban J connectivity index is 2.78. The van der Waals surface area contributed by atoms with Crippen LogP contribution in [0.2, 0.25) is 0 Å². The van der Waals surface area contributed by atoms with Crippen LogP contribution in [0.25, 0.3) is 0 Å². The van der Waals surface area contributed by atoms with E-state index in [-0.39, 0.29) is 0 Å². The highest BCUT2D eigenvalue weighted by Crippen LogP contribution is 2.17. The average molecular weight is 164 g/mol. The van der Waals surface area contributed by atoms with Gasteiger partial charge < -0.3 is 4.74 Å². The molecule has 0 atom stereocenters. The maximum absolute atomic E-state index is 5.16. The van der Waals surface area contributed by atoms with Crippen molar-refractivity contribution in [2.45, 2.75) is 20.3 Å². The number of methoxy groups -OCH3 is 1. The van der Waals surface area contributed by atoms with Crippen molar-refractivity contribution in [1.82, 2.24) is 0 Å². The van der Waals surface area contributed by atoms with Gasteiger partial charge in [-0.15, -0.1) is 0 Å². The van der Waals surface area contributed by atoms with Gasteiger partial charge in [-0.1, -0.05) is 32.1 Å². The zero-order chi connectivity index (χ0) is 8.97. The molecule has 0 saturated heterocycles. The highest BCUT2D eigenvalue weighted by molar-refractivity contribution is 5.30. The van der Waals surface area contributed by atoms with Gasteiger partial charge in [0.1, 0.15) is 0 Å². The Morgan fingerprint density at radius 3 is 2.67 bits per heavy atom. The van der Waals surface area contributed by atoms with E-state index in [9.17, 15) is 0 Å². The monoisotopic (exact) mass is 164 g/mol. The van der Waals surface area contributed by atoms with Gasteiger partial charge in [-0.05, 0) is 17.6 Å². The molecule has 0 bridgehead atoms. The van der Waals surface area contributed by atoms with Crippen LogP contribution < -0.4 is 0 Å². The lowest BCUT2D eigenvalue weighted by molar-refractivity contribution is 0.285. The maximum Gasteiger partial charge on any atom is 0.0993 e. The summed E-state index contributed by atoms with van der Waals surface area (Å²) in [5.74, 6) is 1.62. The van der Waals surface area contributed by atoms with E-state index in [0.29, 0.717) is 5.92 Å². The molecule has 0 aromatic heterocycles. The minimum absolute atomic E-state index is 0.591. The SMILES string of the molecule is COC1=CC=C(C(C)C)C=CC1. The fourth-order valence-electron chi connectivity index (χ4n) is 1.16. The average Bonchev–Trinajstić information content (AvgIpc) is 2.28. The molecule has 0 N–H and O–H groups in total. The van der Waals surface area contributed by atoms with Gasteiger partial charge in [0.2, 0.25) is 0 Å². The number of rotatable bonds is 2.